The number of ketones is 1. The number of nitrogens with two attached hydrogens (primary N) is 2. The maximum atomic E-state index is 13.4. The summed E-state index contributed by atoms with van der Waals surface area (Å²) in [5.41, 5.74) is 14.2. The van der Waals surface area contributed by atoms with Crippen LogP contribution in [-0.4, -0.2) is 26.3 Å². The summed E-state index contributed by atoms with van der Waals surface area (Å²) in [6.07, 6.45) is 3.07. The van der Waals surface area contributed by atoms with Crippen molar-refractivity contribution in [3.63, 3.8) is 0 Å². The number of fused-ring (bicyclic) bond motifs is 1. The van der Waals surface area contributed by atoms with Crippen LogP contribution in [0.4, 0.5) is 27.7 Å². The Labute approximate surface area is 205 Å². The van der Waals surface area contributed by atoms with Gasteiger partial charge in [-0.1, -0.05) is 23.2 Å². The molecular weight excluding hydrogens is 477 g/mol. The molecule has 2 heterocycles. The predicted octanol–water partition coefficient (Wildman–Crippen LogP) is 5.36. The summed E-state index contributed by atoms with van der Waals surface area (Å²) in [5, 5.41) is 6.46. The van der Waals surface area contributed by atoms with Gasteiger partial charge in [0.25, 0.3) is 0 Å². The van der Waals surface area contributed by atoms with Crippen LogP contribution < -0.4 is 22.1 Å². The predicted molar refractivity (Wildman–Crippen MR) is 136 cm³/mol. The van der Waals surface area contributed by atoms with Crippen LogP contribution in [0.2, 0.25) is 10.0 Å². The molecule has 4 rings (SSSR count). The average molecular weight is 498 g/mol. The molecule has 2 amide bonds. The molecule has 0 saturated heterocycles. The first-order valence-corrected chi connectivity index (χ1v) is 11.0. The maximum absolute atomic E-state index is 13.4. The Kier molecular flexibility index (Phi) is 6.32. The van der Waals surface area contributed by atoms with Crippen molar-refractivity contribution in [3.8, 4) is 0 Å². The highest BCUT2D eigenvalue weighted by molar-refractivity contribution is 6.36. The number of aromatic nitrogens is 3. The van der Waals surface area contributed by atoms with Gasteiger partial charge in [-0.2, -0.15) is 0 Å². The van der Waals surface area contributed by atoms with Crippen LogP contribution in [0, 0.1) is 0 Å². The zero-order chi connectivity index (χ0) is 24.6. The van der Waals surface area contributed by atoms with Crippen molar-refractivity contribution in [1.82, 2.24) is 14.5 Å². The van der Waals surface area contributed by atoms with E-state index >= 15 is 0 Å². The molecular formula is C23H21Cl2N7O2. The number of halogens is 2. The van der Waals surface area contributed by atoms with Gasteiger partial charge < -0.3 is 26.7 Å². The van der Waals surface area contributed by atoms with Crippen LogP contribution >= 0.6 is 23.2 Å². The number of hydrogen-bond donors (Lipinski definition) is 4. The molecule has 0 bridgehead atoms. The summed E-state index contributed by atoms with van der Waals surface area (Å²) in [5.74, 6) is -0.101. The van der Waals surface area contributed by atoms with E-state index in [2.05, 4.69) is 20.6 Å². The molecule has 2 aromatic carbocycles. The van der Waals surface area contributed by atoms with Crippen molar-refractivity contribution in [3.05, 3.63) is 70.1 Å². The summed E-state index contributed by atoms with van der Waals surface area (Å²) in [4.78, 5) is 34.3. The molecule has 174 valence electrons. The van der Waals surface area contributed by atoms with Gasteiger partial charge in [0, 0.05) is 22.8 Å². The summed E-state index contributed by atoms with van der Waals surface area (Å²) < 4.78 is 1.86. The molecule has 0 spiro atoms. The number of rotatable bonds is 5. The van der Waals surface area contributed by atoms with Crippen LogP contribution in [0.25, 0.3) is 11.0 Å². The van der Waals surface area contributed by atoms with Crippen LogP contribution in [0.5, 0.6) is 0 Å². The zero-order valence-corrected chi connectivity index (χ0v) is 19.8. The van der Waals surface area contributed by atoms with Gasteiger partial charge in [0.2, 0.25) is 0 Å². The smallest absolute Gasteiger partial charge is 0.323 e. The first kappa shape index (κ1) is 23.3. The van der Waals surface area contributed by atoms with Crippen LogP contribution in [-0.2, 0) is 0 Å². The second-order valence-corrected chi connectivity index (χ2v) is 8.68. The van der Waals surface area contributed by atoms with E-state index in [1.165, 1.54) is 18.5 Å². The van der Waals surface area contributed by atoms with Crippen molar-refractivity contribution in [2.45, 2.75) is 19.9 Å². The standard InChI is InChI=1S/C23H21Cl2N7O2/c1-11(2)32-9-14(19-21(27)28-10-29-22(19)32)20(33)12-3-5-16(26)18(7-12)31-23(34)30-17-6-4-13(24)8-15(17)25/h3-11H,26H2,1-2H3,(H2,27,28,29)(H2,30,31,34). The van der Waals surface area contributed by atoms with Gasteiger partial charge in [0.1, 0.15) is 17.8 Å². The normalized spacial score (nSPS) is 11.1. The van der Waals surface area contributed by atoms with Gasteiger partial charge in [-0.15, -0.1) is 0 Å². The molecule has 34 heavy (non-hydrogen) atoms. The number of anilines is 4. The Hall–Kier alpha value is -3.82. The first-order chi connectivity index (χ1) is 16.2. The number of nitrogens with one attached hydrogen (secondary N) is 2. The summed E-state index contributed by atoms with van der Waals surface area (Å²) in [7, 11) is 0. The van der Waals surface area contributed by atoms with Crippen molar-refractivity contribution in [2.75, 3.05) is 22.1 Å². The molecule has 0 aliphatic carbocycles. The molecule has 0 radical (unpaired) electrons. The molecule has 0 saturated carbocycles. The summed E-state index contributed by atoms with van der Waals surface area (Å²) in [6, 6.07) is 8.76. The first-order valence-electron chi connectivity index (χ1n) is 10.2. The zero-order valence-electron chi connectivity index (χ0n) is 18.3. The van der Waals surface area contributed by atoms with E-state index in [1.54, 1.807) is 30.5 Å². The van der Waals surface area contributed by atoms with Crippen molar-refractivity contribution in [1.29, 1.82) is 0 Å². The molecule has 0 atom stereocenters. The SMILES string of the molecule is CC(C)n1cc(C(=O)c2ccc(N)c(NC(=O)Nc3ccc(Cl)cc3Cl)c2)c2c(N)ncnc21. The average Bonchev–Trinajstić information content (AvgIpc) is 3.18. The minimum Gasteiger partial charge on any atom is -0.397 e. The lowest BCUT2D eigenvalue weighted by molar-refractivity contribution is 0.104. The van der Waals surface area contributed by atoms with Gasteiger partial charge >= 0.3 is 6.03 Å². The molecule has 9 nitrogen and oxygen atoms in total. The second kappa shape index (κ2) is 9.20. The number of carbonyl (C=O) groups excluding carboxylic acids is 2. The Morgan fingerprint density at radius 1 is 1.00 bits per heavy atom. The number of amides is 2. The van der Waals surface area contributed by atoms with Crippen LogP contribution in [0.1, 0.15) is 35.8 Å². The largest absolute Gasteiger partial charge is 0.397 e. The third-order valence-electron chi connectivity index (χ3n) is 5.18. The van der Waals surface area contributed by atoms with Crippen LogP contribution in [0.3, 0.4) is 0 Å². The van der Waals surface area contributed by atoms with E-state index in [0.29, 0.717) is 32.9 Å². The van der Waals surface area contributed by atoms with Crippen molar-refractivity contribution >= 4 is 68.9 Å². The maximum Gasteiger partial charge on any atom is 0.323 e. The minimum atomic E-state index is -0.588. The topological polar surface area (TPSA) is 141 Å². The van der Waals surface area contributed by atoms with Gasteiger partial charge in [-0.05, 0) is 50.2 Å². The fourth-order valence-corrected chi connectivity index (χ4v) is 3.96. The fourth-order valence-electron chi connectivity index (χ4n) is 3.50. The van der Waals surface area contributed by atoms with E-state index < -0.39 is 6.03 Å². The van der Waals surface area contributed by atoms with E-state index in [4.69, 9.17) is 34.7 Å². The quantitative estimate of drug-likeness (QED) is 0.216. The molecule has 0 unspecified atom stereocenters. The lowest BCUT2D eigenvalue weighted by atomic mass is 10.0. The molecule has 0 aliphatic rings. The van der Waals surface area contributed by atoms with Gasteiger partial charge in [0.15, 0.2) is 5.78 Å². The van der Waals surface area contributed by atoms with Crippen molar-refractivity contribution in [2.24, 2.45) is 0 Å². The van der Waals surface area contributed by atoms with E-state index in [-0.39, 0.29) is 34.0 Å². The van der Waals surface area contributed by atoms with Gasteiger partial charge in [-0.25, -0.2) is 14.8 Å². The lowest BCUT2D eigenvalue weighted by Gasteiger charge is -2.12. The number of carbonyl (C=O) groups is 2. The monoisotopic (exact) mass is 497 g/mol. The van der Waals surface area contributed by atoms with E-state index in [1.807, 2.05) is 18.4 Å². The van der Waals surface area contributed by atoms with E-state index in [0.717, 1.165) is 0 Å². The Morgan fingerprint density at radius 3 is 2.44 bits per heavy atom. The third kappa shape index (κ3) is 4.48. The summed E-state index contributed by atoms with van der Waals surface area (Å²) >= 11 is 12.0. The highest BCUT2D eigenvalue weighted by Crippen LogP contribution is 2.30. The molecule has 0 fully saturated rings. The summed E-state index contributed by atoms with van der Waals surface area (Å²) in [6.45, 7) is 3.95. The third-order valence-corrected chi connectivity index (χ3v) is 5.73. The fraction of sp³-hybridized carbons (Fsp3) is 0.130. The number of urea groups is 1. The van der Waals surface area contributed by atoms with Crippen molar-refractivity contribution < 1.29 is 9.59 Å². The minimum absolute atomic E-state index is 0.0467. The Balaban J connectivity index is 1.65. The van der Waals surface area contributed by atoms with Crippen LogP contribution in [0.15, 0.2) is 48.9 Å². The molecule has 11 heteroatoms. The number of hydrogen-bond acceptors (Lipinski definition) is 6. The molecule has 2 aromatic heterocycles. The number of nitrogen functional groups attached to an aromatic ring is 2. The Bertz CT molecular complexity index is 1430. The van der Waals surface area contributed by atoms with E-state index in [9.17, 15) is 9.59 Å². The lowest BCUT2D eigenvalue weighted by Crippen LogP contribution is -2.20. The Morgan fingerprint density at radius 2 is 1.74 bits per heavy atom. The highest BCUT2D eigenvalue weighted by Gasteiger charge is 2.22. The number of nitrogens with zero attached hydrogens (tertiary/aromatic N) is 3. The van der Waals surface area contributed by atoms with Gasteiger partial charge in [0.05, 0.1) is 33.0 Å². The molecule has 4 aromatic rings. The molecule has 6 N–H and O–H groups in total. The van der Waals surface area contributed by atoms with Gasteiger partial charge in [-0.3, -0.25) is 4.79 Å². The number of benzene rings is 2. The molecule has 0 aliphatic heterocycles. The highest BCUT2D eigenvalue weighted by atomic mass is 35.5. The second-order valence-electron chi connectivity index (χ2n) is 7.84.